The third-order valence-electron chi connectivity index (χ3n) is 4.42. The fraction of sp³-hybridized carbons (Fsp3) is 0.316. The maximum absolute atomic E-state index is 12.8. The van der Waals surface area contributed by atoms with Crippen LogP contribution in [0.4, 0.5) is 11.4 Å². The van der Waals surface area contributed by atoms with Crippen molar-refractivity contribution in [2.75, 3.05) is 18.4 Å². The molecule has 1 heterocycles. The molecule has 3 rings (SSSR count). The van der Waals surface area contributed by atoms with E-state index < -0.39 is 6.10 Å². The lowest BCUT2D eigenvalue weighted by Crippen LogP contribution is -2.45. The Bertz CT molecular complexity index is 672. The van der Waals surface area contributed by atoms with Crippen LogP contribution in [0.3, 0.4) is 0 Å². The van der Waals surface area contributed by atoms with Gasteiger partial charge in [0.1, 0.15) is 0 Å². The third kappa shape index (κ3) is 3.54. The highest BCUT2D eigenvalue weighted by Crippen LogP contribution is 2.24. The maximum Gasteiger partial charge on any atom is 0.256 e. The second kappa shape index (κ2) is 6.84. The maximum atomic E-state index is 12.8. The van der Waals surface area contributed by atoms with Crippen LogP contribution in [0.25, 0.3) is 0 Å². The van der Waals surface area contributed by atoms with E-state index in [1.807, 2.05) is 61.5 Å². The number of amides is 1. The molecule has 1 fully saturated rings. The molecule has 4 nitrogen and oxygen atoms in total. The van der Waals surface area contributed by atoms with Crippen LogP contribution in [0, 0.1) is 5.92 Å². The zero-order valence-electron chi connectivity index (χ0n) is 13.3. The first kappa shape index (κ1) is 15.6. The summed E-state index contributed by atoms with van der Waals surface area (Å²) in [5.41, 5.74) is 2.37. The number of carbonyl (C=O) groups is 1. The lowest BCUT2D eigenvalue weighted by molar-refractivity contribution is 0.0249. The van der Waals surface area contributed by atoms with Gasteiger partial charge in [-0.15, -0.1) is 0 Å². The topological polar surface area (TPSA) is 52.6 Å². The largest absolute Gasteiger partial charge is 0.391 e. The average molecular weight is 310 g/mol. The minimum atomic E-state index is -0.443. The molecular formula is C19H22N2O2. The number of aliphatic hydroxyl groups is 1. The molecule has 0 aromatic heterocycles. The zero-order valence-corrected chi connectivity index (χ0v) is 13.3. The van der Waals surface area contributed by atoms with Crippen molar-refractivity contribution in [1.29, 1.82) is 0 Å². The van der Waals surface area contributed by atoms with Gasteiger partial charge in [0.15, 0.2) is 0 Å². The molecule has 2 atom stereocenters. The summed E-state index contributed by atoms with van der Waals surface area (Å²) in [4.78, 5) is 14.6. The van der Waals surface area contributed by atoms with Crippen molar-refractivity contribution >= 4 is 17.3 Å². The fourth-order valence-corrected chi connectivity index (χ4v) is 2.86. The van der Waals surface area contributed by atoms with E-state index in [1.54, 1.807) is 4.90 Å². The van der Waals surface area contributed by atoms with E-state index in [0.717, 1.165) is 17.8 Å². The molecule has 0 aliphatic carbocycles. The third-order valence-corrected chi connectivity index (χ3v) is 4.42. The molecule has 1 amide bonds. The van der Waals surface area contributed by atoms with E-state index in [2.05, 4.69) is 5.32 Å². The molecule has 2 aromatic rings. The van der Waals surface area contributed by atoms with Crippen LogP contribution in [-0.4, -0.2) is 35.1 Å². The fourth-order valence-electron chi connectivity index (χ4n) is 2.86. The van der Waals surface area contributed by atoms with Gasteiger partial charge in [0.2, 0.25) is 0 Å². The average Bonchev–Trinajstić information content (AvgIpc) is 2.58. The SMILES string of the molecule is CC1CCN(C(=O)c2ccccc2Nc2ccccc2)CC1O. The number of nitrogens with one attached hydrogen (secondary N) is 1. The summed E-state index contributed by atoms with van der Waals surface area (Å²) in [7, 11) is 0. The van der Waals surface area contributed by atoms with E-state index in [0.29, 0.717) is 18.7 Å². The highest BCUT2D eigenvalue weighted by atomic mass is 16.3. The van der Waals surface area contributed by atoms with E-state index in [-0.39, 0.29) is 11.8 Å². The molecule has 0 bridgehead atoms. The second-order valence-electron chi connectivity index (χ2n) is 6.12. The molecule has 0 saturated carbocycles. The van der Waals surface area contributed by atoms with E-state index in [4.69, 9.17) is 0 Å². The standard InChI is InChI=1S/C19H22N2O2/c1-14-11-12-21(13-18(14)22)19(23)16-9-5-6-10-17(16)20-15-7-3-2-4-8-15/h2-10,14,18,20,22H,11-13H2,1H3. The van der Waals surface area contributed by atoms with Gasteiger partial charge in [-0.25, -0.2) is 0 Å². The van der Waals surface area contributed by atoms with E-state index in [9.17, 15) is 9.90 Å². The monoisotopic (exact) mass is 310 g/mol. The van der Waals surface area contributed by atoms with Crippen LogP contribution >= 0.6 is 0 Å². The van der Waals surface area contributed by atoms with Gasteiger partial charge in [0.05, 0.1) is 17.4 Å². The van der Waals surface area contributed by atoms with Crippen molar-refractivity contribution in [3.05, 3.63) is 60.2 Å². The Balaban J connectivity index is 1.81. The molecule has 2 N–H and O–H groups in total. The number of nitrogens with zero attached hydrogens (tertiary/aromatic N) is 1. The van der Waals surface area contributed by atoms with Crippen LogP contribution in [0.15, 0.2) is 54.6 Å². The summed E-state index contributed by atoms with van der Waals surface area (Å²) in [6.07, 6.45) is 0.392. The van der Waals surface area contributed by atoms with Gasteiger partial charge in [-0.1, -0.05) is 37.3 Å². The van der Waals surface area contributed by atoms with Gasteiger partial charge in [-0.2, -0.15) is 0 Å². The summed E-state index contributed by atoms with van der Waals surface area (Å²) >= 11 is 0. The molecule has 23 heavy (non-hydrogen) atoms. The summed E-state index contributed by atoms with van der Waals surface area (Å²) in [6.45, 7) is 3.12. The molecule has 2 unspecified atom stereocenters. The quantitative estimate of drug-likeness (QED) is 0.915. The van der Waals surface area contributed by atoms with Crippen molar-refractivity contribution in [3.8, 4) is 0 Å². The van der Waals surface area contributed by atoms with Gasteiger partial charge in [-0.05, 0) is 36.6 Å². The number of hydrogen-bond acceptors (Lipinski definition) is 3. The Morgan fingerprint density at radius 1 is 1.13 bits per heavy atom. The Morgan fingerprint density at radius 3 is 2.57 bits per heavy atom. The van der Waals surface area contributed by atoms with E-state index in [1.165, 1.54) is 0 Å². The normalized spacial score (nSPS) is 21.0. The highest BCUT2D eigenvalue weighted by molar-refractivity contribution is 6.00. The molecule has 120 valence electrons. The summed E-state index contributed by atoms with van der Waals surface area (Å²) < 4.78 is 0. The van der Waals surface area contributed by atoms with Crippen molar-refractivity contribution in [1.82, 2.24) is 4.90 Å². The number of hydrogen-bond donors (Lipinski definition) is 2. The smallest absolute Gasteiger partial charge is 0.256 e. The predicted molar refractivity (Wildman–Crippen MR) is 91.9 cm³/mol. The summed E-state index contributed by atoms with van der Waals surface area (Å²) in [5, 5.41) is 13.3. The van der Waals surface area contributed by atoms with Crippen molar-refractivity contribution in [2.45, 2.75) is 19.4 Å². The van der Waals surface area contributed by atoms with Gasteiger partial charge in [-0.3, -0.25) is 4.79 Å². The summed E-state index contributed by atoms with van der Waals surface area (Å²) in [6, 6.07) is 17.3. The number of anilines is 2. The molecule has 1 aliphatic rings. The Labute approximate surface area is 136 Å². The van der Waals surface area contributed by atoms with Crippen molar-refractivity contribution < 1.29 is 9.90 Å². The second-order valence-corrected chi connectivity index (χ2v) is 6.12. The Hall–Kier alpha value is -2.33. The Kier molecular flexibility index (Phi) is 4.63. The molecule has 1 aliphatic heterocycles. The molecule has 0 radical (unpaired) electrons. The first-order chi connectivity index (χ1) is 11.1. The number of rotatable bonds is 3. The first-order valence-corrected chi connectivity index (χ1v) is 8.03. The lowest BCUT2D eigenvalue weighted by Gasteiger charge is -2.34. The van der Waals surface area contributed by atoms with Gasteiger partial charge < -0.3 is 15.3 Å². The van der Waals surface area contributed by atoms with Crippen LogP contribution in [0.2, 0.25) is 0 Å². The minimum Gasteiger partial charge on any atom is -0.391 e. The zero-order chi connectivity index (χ0) is 16.2. The predicted octanol–water partition coefficient (Wildman–Crippen LogP) is 3.27. The molecule has 4 heteroatoms. The number of aliphatic hydroxyl groups excluding tert-OH is 1. The van der Waals surface area contributed by atoms with Crippen LogP contribution < -0.4 is 5.32 Å². The van der Waals surface area contributed by atoms with Crippen molar-refractivity contribution in [3.63, 3.8) is 0 Å². The van der Waals surface area contributed by atoms with Gasteiger partial charge in [0, 0.05) is 18.8 Å². The van der Waals surface area contributed by atoms with E-state index >= 15 is 0 Å². The Morgan fingerprint density at radius 2 is 1.83 bits per heavy atom. The highest BCUT2D eigenvalue weighted by Gasteiger charge is 2.28. The number of benzene rings is 2. The number of carbonyl (C=O) groups excluding carboxylic acids is 1. The number of piperidine rings is 1. The molecule has 2 aromatic carbocycles. The molecule has 1 saturated heterocycles. The minimum absolute atomic E-state index is 0.0324. The van der Waals surface area contributed by atoms with Crippen molar-refractivity contribution in [2.24, 2.45) is 5.92 Å². The first-order valence-electron chi connectivity index (χ1n) is 8.03. The molecule has 0 spiro atoms. The number of likely N-dealkylation sites (tertiary alicyclic amines) is 1. The number of β-amino-alcohol motifs (C(OH)–C–C–N with tert-alkyl or cyclic N) is 1. The van der Waals surface area contributed by atoms with Gasteiger partial charge in [0.25, 0.3) is 5.91 Å². The number of para-hydroxylation sites is 2. The molecular weight excluding hydrogens is 288 g/mol. The van der Waals surface area contributed by atoms with Gasteiger partial charge >= 0.3 is 0 Å². The van der Waals surface area contributed by atoms with Crippen LogP contribution in [0.5, 0.6) is 0 Å². The van der Waals surface area contributed by atoms with Crippen LogP contribution in [-0.2, 0) is 0 Å². The lowest BCUT2D eigenvalue weighted by atomic mass is 9.95. The van der Waals surface area contributed by atoms with Crippen LogP contribution in [0.1, 0.15) is 23.7 Å². The summed E-state index contributed by atoms with van der Waals surface area (Å²) in [5.74, 6) is 0.215.